The van der Waals surface area contributed by atoms with E-state index in [2.05, 4.69) is 10.3 Å². The van der Waals surface area contributed by atoms with Crippen molar-refractivity contribution in [3.8, 4) is 0 Å². The van der Waals surface area contributed by atoms with Gasteiger partial charge in [-0.1, -0.05) is 12.1 Å². The third kappa shape index (κ3) is 2.10. The summed E-state index contributed by atoms with van der Waals surface area (Å²) in [7, 11) is 0. The quantitative estimate of drug-likeness (QED) is 0.810. The number of benzene rings is 1. The van der Waals surface area contributed by atoms with Crippen molar-refractivity contribution in [3.05, 3.63) is 41.4 Å². The molecular formula is C10H10N2OS. The van der Waals surface area contributed by atoms with Gasteiger partial charge in [-0.05, 0) is 17.7 Å². The predicted octanol–water partition coefficient (Wildman–Crippen LogP) is 2.38. The number of aliphatic hydroxyl groups is 1. The van der Waals surface area contributed by atoms with Gasteiger partial charge in [0.25, 0.3) is 0 Å². The van der Waals surface area contributed by atoms with Gasteiger partial charge in [0.2, 0.25) is 0 Å². The zero-order valence-corrected chi connectivity index (χ0v) is 8.29. The molecule has 4 heteroatoms. The molecule has 3 nitrogen and oxygen atoms in total. The Morgan fingerprint density at radius 1 is 1.43 bits per heavy atom. The van der Waals surface area contributed by atoms with Crippen LogP contribution < -0.4 is 5.32 Å². The van der Waals surface area contributed by atoms with Crippen molar-refractivity contribution < 1.29 is 5.11 Å². The van der Waals surface area contributed by atoms with Gasteiger partial charge >= 0.3 is 0 Å². The Morgan fingerprint density at radius 2 is 2.36 bits per heavy atom. The lowest BCUT2D eigenvalue weighted by Gasteiger charge is -2.03. The molecule has 2 N–H and O–H groups in total. The monoisotopic (exact) mass is 206 g/mol. The molecule has 0 saturated carbocycles. The molecule has 2 rings (SSSR count). The Morgan fingerprint density at radius 3 is 3.07 bits per heavy atom. The minimum absolute atomic E-state index is 0.0629. The SMILES string of the molecule is OCc1cccc(Nc2nccs2)c1. The lowest BCUT2D eigenvalue weighted by Crippen LogP contribution is -1.90. The lowest BCUT2D eigenvalue weighted by molar-refractivity contribution is 0.282. The van der Waals surface area contributed by atoms with Gasteiger partial charge in [0, 0.05) is 17.3 Å². The van der Waals surface area contributed by atoms with E-state index in [1.807, 2.05) is 29.6 Å². The fraction of sp³-hybridized carbons (Fsp3) is 0.100. The van der Waals surface area contributed by atoms with E-state index in [1.165, 1.54) is 0 Å². The second-order valence-corrected chi connectivity index (χ2v) is 3.72. The molecule has 1 aromatic heterocycles. The van der Waals surface area contributed by atoms with Crippen molar-refractivity contribution in [2.45, 2.75) is 6.61 Å². The first-order valence-electron chi connectivity index (χ1n) is 4.25. The van der Waals surface area contributed by atoms with Crippen LogP contribution >= 0.6 is 11.3 Å². The zero-order chi connectivity index (χ0) is 9.80. The van der Waals surface area contributed by atoms with E-state index in [0.717, 1.165) is 16.4 Å². The number of rotatable bonds is 3. The standard InChI is InChI=1S/C10H10N2OS/c13-7-8-2-1-3-9(6-8)12-10-11-4-5-14-10/h1-6,13H,7H2,(H,11,12). The highest BCUT2D eigenvalue weighted by Gasteiger charge is 1.97. The average Bonchev–Trinajstić information content (AvgIpc) is 2.71. The van der Waals surface area contributed by atoms with Crippen LogP contribution in [0.15, 0.2) is 35.8 Å². The van der Waals surface area contributed by atoms with Crippen LogP contribution in [-0.4, -0.2) is 10.1 Å². The summed E-state index contributed by atoms with van der Waals surface area (Å²) in [6.07, 6.45) is 1.75. The van der Waals surface area contributed by atoms with Gasteiger partial charge in [-0.15, -0.1) is 11.3 Å². The van der Waals surface area contributed by atoms with Crippen molar-refractivity contribution in [2.24, 2.45) is 0 Å². The summed E-state index contributed by atoms with van der Waals surface area (Å²) in [6.45, 7) is 0.0629. The molecule has 14 heavy (non-hydrogen) atoms. The minimum atomic E-state index is 0.0629. The average molecular weight is 206 g/mol. The van der Waals surface area contributed by atoms with E-state index >= 15 is 0 Å². The molecule has 72 valence electrons. The van der Waals surface area contributed by atoms with Gasteiger partial charge in [-0.3, -0.25) is 0 Å². The number of hydrogen-bond acceptors (Lipinski definition) is 4. The number of thiazole rings is 1. The highest BCUT2D eigenvalue weighted by atomic mass is 32.1. The van der Waals surface area contributed by atoms with Gasteiger partial charge in [0.1, 0.15) is 0 Å². The Bertz CT molecular complexity index is 400. The molecule has 0 unspecified atom stereocenters. The molecule has 2 aromatic rings. The zero-order valence-electron chi connectivity index (χ0n) is 7.47. The number of anilines is 2. The van der Waals surface area contributed by atoms with E-state index in [4.69, 9.17) is 5.11 Å². The van der Waals surface area contributed by atoms with Crippen molar-refractivity contribution in [1.82, 2.24) is 4.98 Å². The second kappa shape index (κ2) is 4.21. The van der Waals surface area contributed by atoms with Gasteiger partial charge < -0.3 is 10.4 Å². The fourth-order valence-electron chi connectivity index (χ4n) is 1.16. The topological polar surface area (TPSA) is 45.1 Å². The number of nitrogens with zero attached hydrogens (tertiary/aromatic N) is 1. The maximum atomic E-state index is 8.95. The van der Waals surface area contributed by atoms with Crippen molar-refractivity contribution in [1.29, 1.82) is 0 Å². The second-order valence-electron chi connectivity index (χ2n) is 2.82. The highest BCUT2D eigenvalue weighted by molar-refractivity contribution is 7.13. The molecule has 1 heterocycles. The molecule has 0 aliphatic heterocycles. The normalized spacial score (nSPS) is 10.1. The molecule has 0 saturated heterocycles. The van der Waals surface area contributed by atoms with Gasteiger partial charge in [0.05, 0.1) is 6.61 Å². The number of aliphatic hydroxyl groups excluding tert-OH is 1. The predicted molar refractivity (Wildman–Crippen MR) is 57.8 cm³/mol. The minimum Gasteiger partial charge on any atom is -0.392 e. The highest BCUT2D eigenvalue weighted by Crippen LogP contribution is 2.19. The molecule has 1 aromatic carbocycles. The summed E-state index contributed by atoms with van der Waals surface area (Å²) in [4.78, 5) is 4.11. The van der Waals surface area contributed by atoms with E-state index in [1.54, 1.807) is 17.5 Å². The van der Waals surface area contributed by atoms with Crippen LogP contribution in [0.4, 0.5) is 10.8 Å². The summed E-state index contributed by atoms with van der Waals surface area (Å²) < 4.78 is 0. The Balaban J connectivity index is 2.17. The van der Waals surface area contributed by atoms with Gasteiger partial charge in [0.15, 0.2) is 5.13 Å². The third-order valence-electron chi connectivity index (χ3n) is 1.79. The molecule has 0 radical (unpaired) electrons. The first-order valence-corrected chi connectivity index (χ1v) is 5.13. The molecular weight excluding hydrogens is 196 g/mol. The number of aromatic nitrogens is 1. The fourth-order valence-corrected chi connectivity index (χ4v) is 1.71. The Kier molecular flexibility index (Phi) is 2.76. The van der Waals surface area contributed by atoms with Crippen LogP contribution in [0.2, 0.25) is 0 Å². The molecule has 0 fully saturated rings. The molecule has 0 amide bonds. The molecule has 0 aliphatic carbocycles. The molecule has 0 bridgehead atoms. The first kappa shape index (κ1) is 9.18. The Labute approximate surface area is 86.1 Å². The van der Waals surface area contributed by atoms with Crippen molar-refractivity contribution >= 4 is 22.2 Å². The smallest absolute Gasteiger partial charge is 0.187 e. The summed E-state index contributed by atoms with van der Waals surface area (Å²) in [6, 6.07) is 7.64. The summed E-state index contributed by atoms with van der Waals surface area (Å²) >= 11 is 1.55. The van der Waals surface area contributed by atoms with Crippen LogP contribution in [0.3, 0.4) is 0 Å². The lowest BCUT2D eigenvalue weighted by atomic mass is 10.2. The summed E-state index contributed by atoms with van der Waals surface area (Å²) in [5.41, 5.74) is 1.85. The van der Waals surface area contributed by atoms with E-state index < -0.39 is 0 Å². The number of hydrogen-bond donors (Lipinski definition) is 2. The van der Waals surface area contributed by atoms with E-state index in [9.17, 15) is 0 Å². The number of nitrogens with one attached hydrogen (secondary N) is 1. The maximum Gasteiger partial charge on any atom is 0.187 e. The molecule has 0 spiro atoms. The van der Waals surface area contributed by atoms with Crippen LogP contribution in [-0.2, 0) is 6.61 Å². The first-order chi connectivity index (χ1) is 6.88. The largest absolute Gasteiger partial charge is 0.392 e. The molecule has 0 atom stereocenters. The maximum absolute atomic E-state index is 8.95. The van der Waals surface area contributed by atoms with Crippen molar-refractivity contribution in [2.75, 3.05) is 5.32 Å². The molecule has 0 aliphatic rings. The third-order valence-corrected chi connectivity index (χ3v) is 2.48. The van der Waals surface area contributed by atoms with Crippen LogP contribution in [0, 0.1) is 0 Å². The van der Waals surface area contributed by atoms with Crippen LogP contribution in [0.1, 0.15) is 5.56 Å². The van der Waals surface area contributed by atoms with Gasteiger partial charge in [-0.2, -0.15) is 0 Å². The Hall–Kier alpha value is -1.39. The van der Waals surface area contributed by atoms with E-state index in [-0.39, 0.29) is 6.61 Å². The van der Waals surface area contributed by atoms with Crippen LogP contribution in [0.25, 0.3) is 0 Å². The summed E-state index contributed by atoms with van der Waals surface area (Å²) in [5, 5.41) is 14.9. The van der Waals surface area contributed by atoms with Crippen LogP contribution in [0.5, 0.6) is 0 Å². The van der Waals surface area contributed by atoms with E-state index in [0.29, 0.717) is 0 Å². The van der Waals surface area contributed by atoms with Gasteiger partial charge in [-0.25, -0.2) is 4.98 Å². The summed E-state index contributed by atoms with van der Waals surface area (Å²) in [5.74, 6) is 0. The van der Waals surface area contributed by atoms with Crippen molar-refractivity contribution in [3.63, 3.8) is 0 Å².